The van der Waals surface area contributed by atoms with Gasteiger partial charge in [-0.05, 0) is 41.9 Å². The van der Waals surface area contributed by atoms with Crippen molar-refractivity contribution < 1.29 is 0 Å². The van der Waals surface area contributed by atoms with Gasteiger partial charge < -0.3 is 10.2 Å². The third-order valence-electron chi connectivity index (χ3n) is 5.04. The summed E-state index contributed by atoms with van der Waals surface area (Å²) < 4.78 is 0. The summed E-state index contributed by atoms with van der Waals surface area (Å²) in [6, 6.07) is 31.9. The molecule has 1 heterocycles. The number of anilines is 1. The summed E-state index contributed by atoms with van der Waals surface area (Å²) >= 11 is 5.79. The molecule has 0 amide bonds. The van der Waals surface area contributed by atoms with Gasteiger partial charge in [-0.15, -0.1) is 0 Å². The Bertz CT molecular complexity index is 849. The second-order valence-electron chi connectivity index (χ2n) is 6.72. The van der Waals surface area contributed by atoms with Crippen LogP contribution in [0.25, 0.3) is 0 Å². The Balaban J connectivity index is 1.60. The molecular weight excluding hydrogens is 336 g/mol. The van der Waals surface area contributed by atoms with E-state index >= 15 is 0 Å². The molecule has 3 heteroatoms. The summed E-state index contributed by atoms with van der Waals surface area (Å²) in [6.07, 6.45) is 1.07. The number of likely N-dealkylation sites (tertiary alicyclic amines) is 1. The van der Waals surface area contributed by atoms with Gasteiger partial charge in [0.25, 0.3) is 0 Å². The number of nitrogens with zero attached hydrogens (tertiary/aromatic N) is 1. The van der Waals surface area contributed by atoms with Gasteiger partial charge in [0, 0.05) is 18.2 Å². The van der Waals surface area contributed by atoms with E-state index in [0.717, 1.165) is 23.8 Å². The SMILES string of the molecule is S=C(Nc1ccccc1)N1C[C@H](c2ccccc2)C[C@H]1c1ccccc1. The van der Waals surface area contributed by atoms with Crippen LogP contribution in [0.3, 0.4) is 0 Å². The van der Waals surface area contributed by atoms with E-state index in [2.05, 4.69) is 83.0 Å². The third kappa shape index (κ3) is 3.63. The number of nitrogens with one attached hydrogen (secondary N) is 1. The molecule has 2 nitrogen and oxygen atoms in total. The van der Waals surface area contributed by atoms with Crippen molar-refractivity contribution in [1.29, 1.82) is 0 Å². The predicted octanol–water partition coefficient (Wildman–Crippen LogP) is 5.61. The van der Waals surface area contributed by atoms with Gasteiger partial charge in [-0.3, -0.25) is 0 Å². The Labute approximate surface area is 160 Å². The zero-order valence-corrected chi connectivity index (χ0v) is 15.4. The van der Waals surface area contributed by atoms with Crippen LogP contribution < -0.4 is 5.32 Å². The average molecular weight is 359 g/mol. The van der Waals surface area contributed by atoms with Crippen LogP contribution in [0.5, 0.6) is 0 Å². The second-order valence-corrected chi connectivity index (χ2v) is 7.11. The standard InChI is InChI=1S/C23H22N2S/c26-23(24-21-14-8-3-9-15-21)25-17-20(18-10-4-1-5-11-18)16-22(25)19-12-6-2-7-13-19/h1-15,20,22H,16-17H2,(H,24,26)/t20-,22+/m1/s1. The van der Waals surface area contributed by atoms with Gasteiger partial charge in [-0.1, -0.05) is 78.9 Å². The highest BCUT2D eigenvalue weighted by atomic mass is 32.1. The van der Waals surface area contributed by atoms with Crippen molar-refractivity contribution in [2.75, 3.05) is 11.9 Å². The summed E-state index contributed by atoms with van der Waals surface area (Å²) in [5.74, 6) is 0.483. The molecule has 0 saturated carbocycles. The molecule has 1 fully saturated rings. The summed E-state index contributed by atoms with van der Waals surface area (Å²) in [5.41, 5.74) is 3.74. The van der Waals surface area contributed by atoms with E-state index in [9.17, 15) is 0 Å². The number of hydrogen-bond donors (Lipinski definition) is 1. The van der Waals surface area contributed by atoms with Crippen molar-refractivity contribution >= 4 is 23.0 Å². The molecule has 0 aromatic heterocycles. The minimum atomic E-state index is 0.296. The van der Waals surface area contributed by atoms with Crippen LogP contribution in [0.15, 0.2) is 91.0 Å². The second kappa shape index (κ2) is 7.71. The molecule has 1 aliphatic heterocycles. The Morgan fingerprint density at radius 1 is 0.769 bits per heavy atom. The van der Waals surface area contributed by atoms with Crippen LogP contribution in [-0.2, 0) is 0 Å². The van der Waals surface area contributed by atoms with Crippen LogP contribution in [0.1, 0.15) is 29.5 Å². The Hall–Kier alpha value is -2.65. The molecule has 2 atom stereocenters. The maximum Gasteiger partial charge on any atom is 0.173 e. The van der Waals surface area contributed by atoms with E-state index < -0.39 is 0 Å². The van der Waals surface area contributed by atoms with Crippen molar-refractivity contribution in [3.8, 4) is 0 Å². The van der Waals surface area contributed by atoms with Gasteiger partial charge in [0.1, 0.15) is 0 Å². The zero-order valence-electron chi connectivity index (χ0n) is 14.6. The van der Waals surface area contributed by atoms with E-state index in [0.29, 0.717) is 12.0 Å². The minimum Gasteiger partial charge on any atom is -0.341 e. The highest BCUT2D eigenvalue weighted by molar-refractivity contribution is 7.80. The molecule has 0 unspecified atom stereocenters. The van der Waals surface area contributed by atoms with E-state index in [1.807, 2.05) is 18.2 Å². The molecular formula is C23H22N2S. The first-order valence-electron chi connectivity index (χ1n) is 9.04. The first kappa shape index (κ1) is 16.8. The maximum atomic E-state index is 5.79. The molecule has 1 saturated heterocycles. The van der Waals surface area contributed by atoms with E-state index in [4.69, 9.17) is 12.2 Å². The highest BCUT2D eigenvalue weighted by Crippen LogP contribution is 2.40. The van der Waals surface area contributed by atoms with Crippen molar-refractivity contribution in [2.45, 2.75) is 18.4 Å². The number of benzene rings is 3. The normalized spacial score (nSPS) is 19.3. The van der Waals surface area contributed by atoms with E-state index in [1.165, 1.54) is 11.1 Å². The van der Waals surface area contributed by atoms with Crippen molar-refractivity contribution in [1.82, 2.24) is 4.90 Å². The summed E-state index contributed by atoms with van der Waals surface area (Å²) in [6.45, 7) is 0.933. The van der Waals surface area contributed by atoms with Crippen LogP contribution in [-0.4, -0.2) is 16.6 Å². The maximum absolute atomic E-state index is 5.79. The quantitative estimate of drug-likeness (QED) is 0.612. The lowest BCUT2D eigenvalue weighted by Gasteiger charge is -2.28. The lowest BCUT2D eigenvalue weighted by Crippen LogP contribution is -2.34. The lowest BCUT2D eigenvalue weighted by atomic mass is 9.94. The summed E-state index contributed by atoms with van der Waals surface area (Å²) in [4.78, 5) is 2.34. The Morgan fingerprint density at radius 3 is 1.92 bits per heavy atom. The number of rotatable bonds is 3. The van der Waals surface area contributed by atoms with Crippen molar-refractivity contribution in [3.63, 3.8) is 0 Å². The smallest absolute Gasteiger partial charge is 0.173 e. The van der Waals surface area contributed by atoms with Crippen LogP contribution in [0.2, 0.25) is 0 Å². The van der Waals surface area contributed by atoms with Gasteiger partial charge in [-0.2, -0.15) is 0 Å². The van der Waals surface area contributed by atoms with Crippen LogP contribution >= 0.6 is 12.2 Å². The highest BCUT2D eigenvalue weighted by Gasteiger charge is 2.35. The molecule has 3 aromatic rings. The molecule has 0 spiro atoms. The molecule has 1 N–H and O–H groups in total. The molecule has 0 radical (unpaired) electrons. The monoisotopic (exact) mass is 358 g/mol. The summed E-state index contributed by atoms with van der Waals surface area (Å²) in [7, 11) is 0. The minimum absolute atomic E-state index is 0.296. The van der Waals surface area contributed by atoms with Gasteiger partial charge in [-0.25, -0.2) is 0 Å². The largest absolute Gasteiger partial charge is 0.341 e. The van der Waals surface area contributed by atoms with Crippen LogP contribution in [0, 0.1) is 0 Å². The first-order chi connectivity index (χ1) is 12.8. The Morgan fingerprint density at radius 2 is 1.31 bits per heavy atom. The molecule has 26 heavy (non-hydrogen) atoms. The molecule has 3 aromatic carbocycles. The first-order valence-corrected chi connectivity index (χ1v) is 9.44. The number of hydrogen-bond acceptors (Lipinski definition) is 1. The fraction of sp³-hybridized carbons (Fsp3) is 0.174. The predicted molar refractivity (Wildman–Crippen MR) is 112 cm³/mol. The van der Waals surface area contributed by atoms with E-state index in [1.54, 1.807) is 0 Å². The van der Waals surface area contributed by atoms with E-state index in [-0.39, 0.29) is 0 Å². The third-order valence-corrected chi connectivity index (χ3v) is 5.38. The van der Waals surface area contributed by atoms with Gasteiger partial charge >= 0.3 is 0 Å². The Kier molecular flexibility index (Phi) is 4.98. The van der Waals surface area contributed by atoms with Gasteiger partial charge in [0.05, 0.1) is 6.04 Å². The molecule has 0 aliphatic carbocycles. The topological polar surface area (TPSA) is 15.3 Å². The molecule has 0 bridgehead atoms. The number of para-hydroxylation sites is 1. The fourth-order valence-electron chi connectivity index (χ4n) is 3.74. The van der Waals surface area contributed by atoms with Gasteiger partial charge in [0.15, 0.2) is 5.11 Å². The van der Waals surface area contributed by atoms with Crippen molar-refractivity contribution in [2.24, 2.45) is 0 Å². The average Bonchev–Trinajstić information content (AvgIpc) is 3.16. The summed E-state index contributed by atoms with van der Waals surface area (Å²) in [5, 5.41) is 4.21. The lowest BCUT2D eigenvalue weighted by molar-refractivity contribution is 0.405. The zero-order chi connectivity index (χ0) is 17.8. The molecule has 4 rings (SSSR count). The fourth-order valence-corrected chi connectivity index (χ4v) is 4.05. The van der Waals surface area contributed by atoms with Crippen molar-refractivity contribution in [3.05, 3.63) is 102 Å². The van der Waals surface area contributed by atoms with Crippen LogP contribution in [0.4, 0.5) is 5.69 Å². The number of thiocarbonyl (C=S) groups is 1. The molecule has 1 aliphatic rings. The molecule has 130 valence electrons. The van der Waals surface area contributed by atoms with Gasteiger partial charge in [0.2, 0.25) is 0 Å².